The highest BCUT2D eigenvalue weighted by molar-refractivity contribution is 6.02. The Hall–Kier alpha value is -1.94. The molecular weight excluding hydrogens is 254 g/mol. The van der Waals surface area contributed by atoms with Gasteiger partial charge in [-0.3, -0.25) is 4.98 Å². The fourth-order valence-electron chi connectivity index (χ4n) is 2.67. The number of rotatable bonds is 3. The van der Waals surface area contributed by atoms with Crippen LogP contribution in [-0.4, -0.2) is 29.3 Å². The van der Waals surface area contributed by atoms with E-state index in [2.05, 4.69) is 11.9 Å². The lowest BCUT2D eigenvalue weighted by molar-refractivity contribution is 0.0698. The fraction of sp³-hybridized carbons (Fsp3) is 0.375. The average molecular weight is 271 g/mol. The molecule has 1 aromatic carbocycles. The Labute approximate surface area is 117 Å². The lowest BCUT2D eigenvalue weighted by Crippen LogP contribution is -2.06. The predicted octanol–water partition coefficient (Wildman–Crippen LogP) is 3.00. The summed E-state index contributed by atoms with van der Waals surface area (Å²) >= 11 is 0. The molecule has 1 saturated heterocycles. The highest BCUT2D eigenvalue weighted by Gasteiger charge is 2.22. The molecule has 1 aromatic heterocycles. The summed E-state index contributed by atoms with van der Waals surface area (Å²) in [5, 5.41) is 10.2. The average Bonchev–Trinajstić information content (AvgIpc) is 2.99. The Morgan fingerprint density at radius 1 is 1.45 bits per heavy atom. The van der Waals surface area contributed by atoms with Gasteiger partial charge >= 0.3 is 5.97 Å². The van der Waals surface area contributed by atoms with Gasteiger partial charge in [0.25, 0.3) is 0 Å². The molecule has 0 saturated carbocycles. The van der Waals surface area contributed by atoms with Gasteiger partial charge in [-0.25, -0.2) is 4.79 Å². The van der Waals surface area contributed by atoms with Gasteiger partial charge in [-0.15, -0.1) is 0 Å². The highest BCUT2D eigenvalue weighted by atomic mass is 16.5. The number of nitrogens with zero attached hydrogens (tertiary/aromatic N) is 1. The van der Waals surface area contributed by atoms with Gasteiger partial charge in [0, 0.05) is 23.6 Å². The van der Waals surface area contributed by atoms with Gasteiger partial charge in [-0.2, -0.15) is 0 Å². The number of aryl methyl sites for hydroxylation is 1. The number of carbonyl (C=O) groups is 1. The maximum Gasteiger partial charge on any atom is 0.336 e. The zero-order valence-corrected chi connectivity index (χ0v) is 11.4. The minimum absolute atomic E-state index is 0.211. The summed E-state index contributed by atoms with van der Waals surface area (Å²) in [5.41, 5.74) is 3.05. The van der Waals surface area contributed by atoms with Crippen LogP contribution >= 0.6 is 0 Å². The number of fused-ring (bicyclic) bond motifs is 1. The van der Waals surface area contributed by atoms with Crippen molar-refractivity contribution in [2.24, 2.45) is 0 Å². The number of benzene rings is 1. The molecule has 1 fully saturated rings. The molecule has 1 unspecified atom stereocenters. The lowest BCUT2D eigenvalue weighted by atomic mass is 9.98. The molecule has 0 spiro atoms. The molecular formula is C16H17NO3. The first-order valence-electron chi connectivity index (χ1n) is 6.93. The molecule has 0 bridgehead atoms. The van der Waals surface area contributed by atoms with E-state index in [0.29, 0.717) is 12.2 Å². The summed E-state index contributed by atoms with van der Waals surface area (Å²) < 4.78 is 5.37. The number of ether oxygens (including phenoxy) is 1. The van der Waals surface area contributed by atoms with Gasteiger partial charge in [0.2, 0.25) is 0 Å². The van der Waals surface area contributed by atoms with Crippen molar-refractivity contribution in [3.8, 4) is 0 Å². The van der Waals surface area contributed by atoms with Crippen molar-refractivity contribution in [3.05, 3.63) is 41.1 Å². The first-order chi connectivity index (χ1) is 9.69. The molecule has 1 aliphatic heterocycles. The largest absolute Gasteiger partial charge is 0.478 e. The third-order valence-electron chi connectivity index (χ3n) is 3.88. The maximum atomic E-state index is 11.5. The molecule has 20 heavy (non-hydrogen) atoms. The molecule has 3 rings (SSSR count). The Morgan fingerprint density at radius 2 is 2.30 bits per heavy atom. The number of aromatic carboxylic acids is 1. The van der Waals surface area contributed by atoms with Crippen LogP contribution in [0.2, 0.25) is 0 Å². The number of aromatic nitrogens is 1. The lowest BCUT2D eigenvalue weighted by Gasteiger charge is -2.11. The first-order valence-corrected chi connectivity index (χ1v) is 6.93. The van der Waals surface area contributed by atoms with Crippen molar-refractivity contribution in [3.63, 3.8) is 0 Å². The summed E-state index contributed by atoms with van der Waals surface area (Å²) in [6.45, 7) is 3.41. The second kappa shape index (κ2) is 5.21. The third kappa shape index (κ3) is 2.27. The van der Waals surface area contributed by atoms with Crippen LogP contribution in [0.5, 0.6) is 0 Å². The number of hydrogen-bond acceptors (Lipinski definition) is 3. The van der Waals surface area contributed by atoms with Crippen molar-refractivity contribution in [2.45, 2.75) is 25.7 Å². The Morgan fingerprint density at radius 3 is 2.95 bits per heavy atom. The molecule has 1 atom stereocenters. The van der Waals surface area contributed by atoms with Crippen molar-refractivity contribution < 1.29 is 14.6 Å². The quantitative estimate of drug-likeness (QED) is 0.932. The second-order valence-electron chi connectivity index (χ2n) is 5.17. The number of carboxylic acids is 1. The fourth-order valence-corrected chi connectivity index (χ4v) is 2.67. The number of carboxylic acid groups (broad SMARTS) is 1. The maximum absolute atomic E-state index is 11.5. The van der Waals surface area contributed by atoms with E-state index in [1.165, 1.54) is 0 Å². The van der Waals surface area contributed by atoms with Crippen LogP contribution < -0.4 is 0 Å². The molecule has 0 radical (unpaired) electrons. The normalized spacial score (nSPS) is 18.6. The zero-order valence-electron chi connectivity index (χ0n) is 11.4. The van der Waals surface area contributed by atoms with Crippen molar-refractivity contribution in [2.75, 3.05) is 13.2 Å². The van der Waals surface area contributed by atoms with E-state index in [1.54, 1.807) is 6.07 Å². The van der Waals surface area contributed by atoms with Crippen LogP contribution in [0.15, 0.2) is 24.3 Å². The van der Waals surface area contributed by atoms with E-state index >= 15 is 0 Å². The molecule has 4 heteroatoms. The van der Waals surface area contributed by atoms with E-state index in [-0.39, 0.29) is 5.92 Å². The van der Waals surface area contributed by atoms with E-state index in [9.17, 15) is 9.90 Å². The van der Waals surface area contributed by atoms with Gasteiger partial charge in [-0.1, -0.05) is 13.0 Å². The van der Waals surface area contributed by atoms with Gasteiger partial charge in [-0.05, 0) is 36.6 Å². The van der Waals surface area contributed by atoms with E-state index in [4.69, 9.17) is 4.74 Å². The Bertz CT molecular complexity index is 660. The van der Waals surface area contributed by atoms with Crippen molar-refractivity contribution in [1.29, 1.82) is 0 Å². The SMILES string of the molecule is CCc1ccc2nc(C3CCOC3)cc(C(=O)O)c2c1. The monoisotopic (exact) mass is 271 g/mol. The molecule has 1 N–H and O–H groups in total. The van der Waals surface area contributed by atoms with E-state index in [1.807, 2.05) is 18.2 Å². The predicted molar refractivity (Wildman–Crippen MR) is 76.3 cm³/mol. The van der Waals surface area contributed by atoms with E-state index in [0.717, 1.165) is 41.6 Å². The Balaban J connectivity index is 2.18. The standard InChI is InChI=1S/C16H17NO3/c1-2-10-3-4-14-12(7-10)13(16(18)19)8-15(17-14)11-5-6-20-9-11/h3-4,7-8,11H,2,5-6,9H2,1H3,(H,18,19). The molecule has 104 valence electrons. The topological polar surface area (TPSA) is 59.4 Å². The molecule has 4 nitrogen and oxygen atoms in total. The minimum Gasteiger partial charge on any atom is -0.478 e. The van der Waals surface area contributed by atoms with Crippen LogP contribution in [-0.2, 0) is 11.2 Å². The zero-order chi connectivity index (χ0) is 14.1. The van der Waals surface area contributed by atoms with Crippen LogP contribution in [0.4, 0.5) is 0 Å². The molecule has 0 aliphatic carbocycles. The van der Waals surface area contributed by atoms with Crippen molar-refractivity contribution in [1.82, 2.24) is 4.98 Å². The Kier molecular flexibility index (Phi) is 3.40. The summed E-state index contributed by atoms with van der Waals surface area (Å²) in [6, 6.07) is 7.57. The molecule has 0 amide bonds. The van der Waals surface area contributed by atoms with Gasteiger partial charge in [0.15, 0.2) is 0 Å². The molecule has 2 heterocycles. The second-order valence-corrected chi connectivity index (χ2v) is 5.17. The summed E-state index contributed by atoms with van der Waals surface area (Å²) in [6.07, 6.45) is 1.79. The molecule has 2 aromatic rings. The smallest absolute Gasteiger partial charge is 0.336 e. The summed E-state index contributed by atoms with van der Waals surface area (Å²) in [7, 11) is 0. The summed E-state index contributed by atoms with van der Waals surface area (Å²) in [4.78, 5) is 16.2. The van der Waals surface area contributed by atoms with Crippen LogP contribution in [0.1, 0.15) is 40.9 Å². The highest BCUT2D eigenvalue weighted by Crippen LogP contribution is 2.28. The van der Waals surface area contributed by atoms with Crippen LogP contribution in [0.25, 0.3) is 10.9 Å². The first kappa shape index (κ1) is 13.1. The van der Waals surface area contributed by atoms with Gasteiger partial charge < -0.3 is 9.84 Å². The number of hydrogen-bond donors (Lipinski definition) is 1. The van der Waals surface area contributed by atoms with Crippen LogP contribution in [0, 0.1) is 0 Å². The number of pyridine rings is 1. The van der Waals surface area contributed by atoms with E-state index < -0.39 is 5.97 Å². The van der Waals surface area contributed by atoms with Gasteiger partial charge in [0.05, 0.1) is 17.7 Å². The van der Waals surface area contributed by atoms with Crippen molar-refractivity contribution >= 4 is 16.9 Å². The third-order valence-corrected chi connectivity index (χ3v) is 3.88. The van der Waals surface area contributed by atoms with Gasteiger partial charge in [0.1, 0.15) is 0 Å². The molecule has 1 aliphatic rings. The van der Waals surface area contributed by atoms with Crippen LogP contribution in [0.3, 0.4) is 0 Å². The minimum atomic E-state index is -0.897. The summed E-state index contributed by atoms with van der Waals surface area (Å²) in [5.74, 6) is -0.686.